The van der Waals surface area contributed by atoms with E-state index in [1.807, 2.05) is 0 Å². The van der Waals surface area contributed by atoms with Crippen LogP contribution in [-0.4, -0.2) is 56.0 Å². The molecule has 2 saturated heterocycles. The van der Waals surface area contributed by atoms with Crippen molar-refractivity contribution in [1.29, 1.82) is 0 Å². The van der Waals surface area contributed by atoms with Crippen molar-refractivity contribution in [3.63, 3.8) is 0 Å². The number of nitrogens with two attached hydrogens (primary N) is 1. The van der Waals surface area contributed by atoms with Crippen LogP contribution >= 0.6 is 23.2 Å². The first-order valence-electron chi connectivity index (χ1n) is 13.7. The number of amides is 6. The van der Waals surface area contributed by atoms with E-state index in [4.69, 9.17) is 33.7 Å². The van der Waals surface area contributed by atoms with Gasteiger partial charge in [-0.2, -0.15) is 4.90 Å². The molecule has 2 aromatic carbocycles. The molecular formula is C29H20Cl2F5N3O7. The molecule has 3 fully saturated rings. The highest BCUT2D eigenvalue weighted by Crippen LogP contribution is 2.66. The van der Waals surface area contributed by atoms with Gasteiger partial charge in [-0.05, 0) is 43.4 Å². The van der Waals surface area contributed by atoms with Gasteiger partial charge in [0.05, 0.1) is 18.4 Å². The van der Waals surface area contributed by atoms with E-state index < -0.39 is 104 Å². The van der Waals surface area contributed by atoms with Crippen molar-refractivity contribution >= 4 is 58.5 Å². The quantitative estimate of drug-likeness (QED) is 0.123. The Morgan fingerprint density at radius 1 is 0.978 bits per heavy atom. The van der Waals surface area contributed by atoms with Crippen molar-refractivity contribution in [2.75, 3.05) is 11.5 Å². The van der Waals surface area contributed by atoms with Crippen LogP contribution in [0.1, 0.15) is 31.2 Å². The Labute approximate surface area is 265 Å². The maximum Gasteiger partial charge on any atom is 0.328 e. The lowest BCUT2D eigenvalue weighted by molar-refractivity contribution is -0.136. The van der Waals surface area contributed by atoms with Crippen molar-refractivity contribution < 1.29 is 55.8 Å². The van der Waals surface area contributed by atoms with Crippen molar-refractivity contribution in [3.05, 3.63) is 64.5 Å². The molecule has 242 valence electrons. The number of carbonyl (C=O) groups is 5. The number of ether oxygens (including phenoxy) is 1. The molecule has 17 heteroatoms. The molecule has 6 atom stereocenters. The van der Waals surface area contributed by atoms with Crippen LogP contribution < -0.4 is 15.4 Å². The average molecular weight is 688 g/mol. The molecule has 2 aliphatic heterocycles. The van der Waals surface area contributed by atoms with Crippen LogP contribution in [0.15, 0.2) is 29.8 Å². The number of imide groups is 4. The summed E-state index contributed by atoms with van der Waals surface area (Å²) >= 11 is 14.0. The molecular weight excluding hydrogens is 668 g/mol. The molecule has 6 amide bonds. The molecule has 2 aliphatic carbocycles. The summed E-state index contributed by atoms with van der Waals surface area (Å²) in [6, 6.07) is 2.27. The molecule has 6 rings (SSSR count). The van der Waals surface area contributed by atoms with Gasteiger partial charge in [0, 0.05) is 5.92 Å². The zero-order valence-electron chi connectivity index (χ0n) is 23.3. The minimum Gasteiger partial charge on any atom is -0.504 e. The Hall–Kier alpha value is -4.24. The molecule has 0 aromatic heterocycles. The highest BCUT2D eigenvalue weighted by Gasteiger charge is 2.77. The van der Waals surface area contributed by atoms with Gasteiger partial charge in [-0.25, -0.2) is 31.6 Å². The van der Waals surface area contributed by atoms with E-state index >= 15 is 8.78 Å². The summed E-state index contributed by atoms with van der Waals surface area (Å²) in [5.41, 5.74) is 3.54. The second-order valence-electron chi connectivity index (χ2n) is 11.2. The number of urea groups is 1. The number of allylic oxidation sites excluding steroid dienone is 2. The van der Waals surface area contributed by atoms with Crippen LogP contribution in [-0.2, 0) is 19.2 Å². The summed E-state index contributed by atoms with van der Waals surface area (Å²) in [7, 11) is 0. The maximum absolute atomic E-state index is 15.1. The van der Waals surface area contributed by atoms with Crippen LogP contribution in [0.2, 0.25) is 0 Å². The van der Waals surface area contributed by atoms with E-state index in [-0.39, 0.29) is 45.5 Å². The molecule has 2 heterocycles. The lowest BCUT2D eigenvalue weighted by atomic mass is 9.56. The zero-order chi connectivity index (χ0) is 33.8. The number of likely N-dealkylation sites (tertiary alicyclic amines) is 1. The third-order valence-corrected chi connectivity index (χ3v) is 10.5. The fourth-order valence-electron chi connectivity index (χ4n) is 7.14. The van der Waals surface area contributed by atoms with Crippen LogP contribution in [0.3, 0.4) is 0 Å². The fourth-order valence-corrected chi connectivity index (χ4v) is 8.07. The molecule has 10 nitrogen and oxygen atoms in total. The number of nitrogens with zero attached hydrogens (tertiary/aromatic N) is 2. The minimum absolute atomic E-state index is 0.0274. The van der Waals surface area contributed by atoms with E-state index in [9.17, 15) is 42.3 Å². The summed E-state index contributed by atoms with van der Waals surface area (Å²) in [4.78, 5) is 61.2. The van der Waals surface area contributed by atoms with Crippen molar-refractivity contribution in [2.24, 2.45) is 23.5 Å². The summed E-state index contributed by atoms with van der Waals surface area (Å²) < 4.78 is 78.1. The van der Waals surface area contributed by atoms with Gasteiger partial charge in [-0.15, -0.1) is 23.2 Å². The topological polar surface area (TPSA) is 147 Å². The number of alkyl halides is 2. The molecule has 1 saturated carbocycles. The summed E-state index contributed by atoms with van der Waals surface area (Å²) in [6.45, 7) is 1.64. The van der Waals surface area contributed by atoms with E-state index in [1.165, 1.54) is 18.2 Å². The molecule has 0 bridgehead atoms. The first-order chi connectivity index (χ1) is 21.5. The number of halogens is 7. The molecule has 0 spiro atoms. The maximum atomic E-state index is 15.1. The van der Waals surface area contributed by atoms with E-state index in [0.717, 1.165) is 6.07 Å². The number of aromatic hydroxyl groups is 1. The predicted octanol–water partition coefficient (Wildman–Crippen LogP) is 4.13. The van der Waals surface area contributed by atoms with Crippen molar-refractivity contribution in [2.45, 2.75) is 35.4 Å². The Kier molecular flexibility index (Phi) is 7.17. The Bertz CT molecular complexity index is 1810. The lowest BCUT2D eigenvalue weighted by Crippen LogP contribution is -2.60. The largest absolute Gasteiger partial charge is 0.504 e. The Morgan fingerprint density at radius 2 is 1.59 bits per heavy atom. The average Bonchev–Trinajstić information content (AvgIpc) is 3.35. The van der Waals surface area contributed by atoms with Gasteiger partial charge in [-0.3, -0.25) is 19.2 Å². The number of benzene rings is 2. The zero-order valence-corrected chi connectivity index (χ0v) is 24.8. The number of fused-ring (bicyclic) bond motifs is 4. The van der Waals surface area contributed by atoms with Crippen LogP contribution in [0.25, 0.3) is 0 Å². The van der Waals surface area contributed by atoms with Crippen LogP contribution in [0.5, 0.6) is 11.5 Å². The van der Waals surface area contributed by atoms with Gasteiger partial charge in [0.25, 0.3) is 11.8 Å². The lowest BCUT2D eigenvalue weighted by Gasteiger charge is -2.50. The van der Waals surface area contributed by atoms with Crippen molar-refractivity contribution in [3.8, 4) is 11.5 Å². The second kappa shape index (κ2) is 10.4. The minimum atomic E-state index is -2.75. The van der Waals surface area contributed by atoms with Gasteiger partial charge in [0.1, 0.15) is 5.69 Å². The van der Waals surface area contributed by atoms with Gasteiger partial charge in [0.2, 0.25) is 17.6 Å². The number of phenols is 1. The third kappa shape index (κ3) is 3.84. The molecule has 3 N–H and O–H groups in total. The molecule has 0 radical (unpaired) electrons. The van der Waals surface area contributed by atoms with E-state index in [1.54, 1.807) is 6.92 Å². The smallest absolute Gasteiger partial charge is 0.328 e. The second-order valence-corrected chi connectivity index (χ2v) is 12.4. The molecule has 4 aliphatic rings. The Morgan fingerprint density at radius 3 is 2.17 bits per heavy atom. The highest BCUT2D eigenvalue weighted by atomic mass is 35.5. The SMILES string of the molecule is CCOc1cc(C2C3=CCC4C(=O)N(C(N)=O)C(=O)C4C3CC3(Cl)C(=O)N(c4c(F)c(F)c(F)c(F)c4F)C(=O)C23Cl)ccc1O. The summed E-state index contributed by atoms with van der Waals surface area (Å²) in [5, 5.41) is 10.3. The molecule has 6 unspecified atom stereocenters. The molecule has 46 heavy (non-hydrogen) atoms. The molecule has 2 aromatic rings. The first kappa shape index (κ1) is 31.7. The standard InChI is InChI=1S/C29H20Cl2F5N3O7/c1-2-46-14-7-9(3-6-13(14)40)16-10-4-5-11-15(24(42)39(23(11)41)27(37)45)12(10)8-28(30)25(43)38(26(44)29(16,28)31)22-20(35)18(33)17(32)19(34)21(22)36/h3-4,6-7,11-12,15-16,40H,2,5,8H2,1H3,(H2,37,45). The first-order valence-corrected chi connectivity index (χ1v) is 14.4. The summed E-state index contributed by atoms with van der Waals surface area (Å²) in [6.07, 6.45) is 0.516. The van der Waals surface area contributed by atoms with E-state index in [0.29, 0.717) is 0 Å². The number of rotatable bonds is 4. The number of primary amides is 1. The van der Waals surface area contributed by atoms with Gasteiger partial charge < -0.3 is 15.6 Å². The number of anilines is 1. The monoisotopic (exact) mass is 687 g/mol. The van der Waals surface area contributed by atoms with Crippen LogP contribution in [0.4, 0.5) is 32.4 Å². The highest BCUT2D eigenvalue weighted by molar-refractivity contribution is 6.58. The van der Waals surface area contributed by atoms with Gasteiger partial charge in [-0.1, -0.05) is 17.7 Å². The fraction of sp³-hybridized carbons (Fsp3) is 0.345. The Balaban J connectivity index is 1.61. The van der Waals surface area contributed by atoms with Crippen LogP contribution in [0, 0.1) is 46.8 Å². The summed E-state index contributed by atoms with van der Waals surface area (Å²) in [5.74, 6) is -23.6. The third-order valence-electron chi connectivity index (χ3n) is 9.06. The predicted molar refractivity (Wildman–Crippen MR) is 147 cm³/mol. The van der Waals surface area contributed by atoms with Gasteiger partial charge in [0.15, 0.2) is 44.5 Å². The normalized spacial score (nSPS) is 30.3. The number of carbonyl (C=O) groups excluding carboxylic acids is 5. The number of phenolic OH excluding ortho intramolecular Hbond substituents is 1. The van der Waals surface area contributed by atoms with E-state index in [2.05, 4.69) is 0 Å². The number of hydrogen-bond donors (Lipinski definition) is 2. The van der Waals surface area contributed by atoms with Crippen molar-refractivity contribution in [1.82, 2.24) is 4.90 Å². The number of hydrogen-bond acceptors (Lipinski definition) is 7. The van der Waals surface area contributed by atoms with Gasteiger partial charge >= 0.3 is 6.03 Å².